The van der Waals surface area contributed by atoms with Gasteiger partial charge in [0, 0.05) is 17.8 Å². The Morgan fingerprint density at radius 2 is 1.95 bits per heavy atom. The van der Waals surface area contributed by atoms with Gasteiger partial charge >= 0.3 is 0 Å². The number of hydrogen-bond donors (Lipinski definition) is 1. The predicted octanol–water partition coefficient (Wildman–Crippen LogP) is 2.33. The topological polar surface area (TPSA) is 50.7 Å². The molecule has 1 aromatic carbocycles. The molecule has 3 rings (SSSR count). The van der Waals surface area contributed by atoms with Crippen LogP contribution in [0.15, 0.2) is 55.0 Å². The molecule has 1 N–H and O–H groups in total. The van der Waals surface area contributed by atoms with Crippen LogP contribution in [0.4, 0.5) is 0 Å². The van der Waals surface area contributed by atoms with Crippen LogP contribution in [0.25, 0.3) is 10.9 Å². The number of hydrogen-bond acceptors (Lipinski definition) is 4. The SMILES string of the molecule is CNC(c1ccnnc1)c1ccc2ncccc2c1. The van der Waals surface area contributed by atoms with Gasteiger partial charge in [0.1, 0.15) is 0 Å². The number of fused-ring (bicyclic) bond motifs is 1. The lowest BCUT2D eigenvalue weighted by molar-refractivity contribution is 0.685. The van der Waals surface area contributed by atoms with E-state index in [4.69, 9.17) is 0 Å². The summed E-state index contributed by atoms with van der Waals surface area (Å²) in [7, 11) is 1.94. The zero-order valence-corrected chi connectivity index (χ0v) is 10.6. The molecule has 19 heavy (non-hydrogen) atoms. The van der Waals surface area contributed by atoms with Crippen molar-refractivity contribution >= 4 is 10.9 Å². The van der Waals surface area contributed by atoms with Gasteiger partial charge in [-0.3, -0.25) is 4.98 Å². The maximum atomic E-state index is 4.34. The van der Waals surface area contributed by atoms with Crippen LogP contribution in [0.1, 0.15) is 17.2 Å². The molecule has 0 fully saturated rings. The smallest absolute Gasteiger partial charge is 0.0702 e. The van der Waals surface area contributed by atoms with Crippen LogP contribution in [0, 0.1) is 0 Å². The maximum Gasteiger partial charge on any atom is 0.0702 e. The van der Waals surface area contributed by atoms with Crippen molar-refractivity contribution < 1.29 is 0 Å². The van der Waals surface area contributed by atoms with Gasteiger partial charge in [-0.2, -0.15) is 10.2 Å². The van der Waals surface area contributed by atoms with Crippen molar-refractivity contribution in [2.75, 3.05) is 7.05 Å². The summed E-state index contributed by atoms with van der Waals surface area (Å²) < 4.78 is 0. The van der Waals surface area contributed by atoms with E-state index in [1.807, 2.05) is 31.4 Å². The van der Waals surface area contributed by atoms with Crippen molar-refractivity contribution in [2.45, 2.75) is 6.04 Å². The van der Waals surface area contributed by atoms with Crippen molar-refractivity contribution in [3.63, 3.8) is 0 Å². The van der Waals surface area contributed by atoms with Crippen molar-refractivity contribution in [1.82, 2.24) is 20.5 Å². The molecule has 0 spiro atoms. The second kappa shape index (κ2) is 5.12. The Balaban J connectivity index is 2.06. The Bertz CT molecular complexity index is 682. The van der Waals surface area contributed by atoms with Crippen LogP contribution in [0.5, 0.6) is 0 Å². The Kier molecular flexibility index (Phi) is 3.16. The molecule has 1 atom stereocenters. The molecule has 0 aliphatic heterocycles. The highest BCUT2D eigenvalue weighted by molar-refractivity contribution is 5.79. The zero-order chi connectivity index (χ0) is 13.1. The van der Waals surface area contributed by atoms with Gasteiger partial charge < -0.3 is 5.32 Å². The van der Waals surface area contributed by atoms with Gasteiger partial charge in [0.25, 0.3) is 0 Å². The van der Waals surface area contributed by atoms with Crippen molar-refractivity contribution in [3.8, 4) is 0 Å². The third-order valence-corrected chi connectivity index (χ3v) is 3.19. The second-order valence-corrected chi connectivity index (χ2v) is 4.35. The Hall–Kier alpha value is -2.33. The van der Waals surface area contributed by atoms with Gasteiger partial charge in [0.05, 0.1) is 17.8 Å². The first-order chi connectivity index (χ1) is 9.38. The molecule has 0 saturated heterocycles. The van der Waals surface area contributed by atoms with E-state index in [9.17, 15) is 0 Å². The van der Waals surface area contributed by atoms with E-state index >= 15 is 0 Å². The van der Waals surface area contributed by atoms with Crippen LogP contribution in [0.3, 0.4) is 0 Å². The van der Waals surface area contributed by atoms with Crippen LogP contribution < -0.4 is 5.32 Å². The molecule has 4 heteroatoms. The molecule has 0 amide bonds. The second-order valence-electron chi connectivity index (χ2n) is 4.35. The zero-order valence-electron chi connectivity index (χ0n) is 10.6. The van der Waals surface area contributed by atoms with E-state index in [0.29, 0.717) is 0 Å². The van der Waals surface area contributed by atoms with Gasteiger partial charge in [-0.15, -0.1) is 0 Å². The van der Waals surface area contributed by atoms with Gasteiger partial charge in [-0.25, -0.2) is 0 Å². The molecule has 2 heterocycles. The minimum atomic E-state index is 0.111. The summed E-state index contributed by atoms with van der Waals surface area (Å²) in [5.41, 5.74) is 3.30. The average molecular weight is 250 g/mol. The summed E-state index contributed by atoms with van der Waals surface area (Å²) >= 11 is 0. The van der Waals surface area contributed by atoms with Crippen molar-refractivity contribution in [1.29, 1.82) is 0 Å². The minimum absolute atomic E-state index is 0.111. The lowest BCUT2D eigenvalue weighted by atomic mass is 9.99. The summed E-state index contributed by atoms with van der Waals surface area (Å²) in [6.07, 6.45) is 5.31. The highest BCUT2D eigenvalue weighted by Gasteiger charge is 2.12. The molecule has 3 aromatic rings. The summed E-state index contributed by atoms with van der Waals surface area (Å²) in [6.45, 7) is 0. The van der Waals surface area contributed by atoms with Gasteiger partial charge in [0.15, 0.2) is 0 Å². The normalized spacial score (nSPS) is 12.5. The Morgan fingerprint density at radius 1 is 1.00 bits per heavy atom. The quantitative estimate of drug-likeness (QED) is 0.775. The monoisotopic (exact) mass is 250 g/mol. The molecule has 0 radical (unpaired) electrons. The van der Waals surface area contributed by atoms with Gasteiger partial charge in [-0.1, -0.05) is 12.1 Å². The molecule has 0 aliphatic rings. The number of nitrogens with one attached hydrogen (secondary N) is 1. The molecule has 94 valence electrons. The van der Waals surface area contributed by atoms with E-state index in [1.54, 1.807) is 12.4 Å². The molecular weight excluding hydrogens is 236 g/mol. The number of pyridine rings is 1. The first kappa shape index (κ1) is 11.7. The average Bonchev–Trinajstić information content (AvgIpc) is 2.49. The van der Waals surface area contributed by atoms with E-state index in [2.05, 4.69) is 38.7 Å². The Labute approximate surface area is 111 Å². The first-order valence-corrected chi connectivity index (χ1v) is 6.17. The standard InChI is InChI=1S/C15H14N4/c1-16-15(13-6-8-18-19-10-13)12-4-5-14-11(9-12)3-2-7-17-14/h2-10,15-16H,1H3. The summed E-state index contributed by atoms with van der Waals surface area (Å²) in [6, 6.07) is 12.4. The molecule has 2 aromatic heterocycles. The number of aromatic nitrogens is 3. The molecular formula is C15H14N4. The van der Waals surface area contributed by atoms with E-state index in [1.165, 1.54) is 5.56 Å². The number of nitrogens with zero attached hydrogens (tertiary/aromatic N) is 3. The summed E-state index contributed by atoms with van der Waals surface area (Å²) in [4.78, 5) is 4.34. The maximum absolute atomic E-state index is 4.34. The summed E-state index contributed by atoms with van der Waals surface area (Å²) in [5.74, 6) is 0. The number of rotatable bonds is 3. The minimum Gasteiger partial charge on any atom is -0.309 e. The fourth-order valence-electron chi connectivity index (χ4n) is 2.27. The summed E-state index contributed by atoms with van der Waals surface area (Å²) in [5, 5.41) is 12.2. The highest BCUT2D eigenvalue weighted by Crippen LogP contribution is 2.23. The van der Waals surface area contributed by atoms with Crippen molar-refractivity contribution in [3.05, 3.63) is 66.1 Å². The third kappa shape index (κ3) is 2.30. The molecule has 0 saturated carbocycles. The fourth-order valence-corrected chi connectivity index (χ4v) is 2.27. The van der Waals surface area contributed by atoms with Crippen molar-refractivity contribution in [2.24, 2.45) is 0 Å². The highest BCUT2D eigenvalue weighted by atomic mass is 15.1. The van der Waals surface area contributed by atoms with E-state index < -0.39 is 0 Å². The molecule has 1 unspecified atom stereocenters. The van der Waals surface area contributed by atoms with Crippen LogP contribution in [0.2, 0.25) is 0 Å². The predicted molar refractivity (Wildman–Crippen MR) is 74.7 cm³/mol. The third-order valence-electron chi connectivity index (χ3n) is 3.19. The van der Waals surface area contributed by atoms with Crippen LogP contribution in [-0.4, -0.2) is 22.2 Å². The lowest BCUT2D eigenvalue weighted by Crippen LogP contribution is -2.17. The molecule has 0 bridgehead atoms. The fraction of sp³-hybridized carbons (Fsp3) is 0.133. The van der Waals surface area contributed by atoms with Gasteiger partial charge in [0.2, 0.25) is 0 Å². The molecule has 4 nitrogen and oxygen atoms in total. The Morgan fingerprint density at radius 3 is 2.74 bits per heavy atom. The lowest BCUT2D eigenvalue weighted by Gasteiger charge is -2.16. The number of benzene rings is 1. The van der Waals surface area contributed by atoms with Crippen LogP contribution >= 0.6 is 0 Å². The largest absolute Gasteiger partial charge is 0.309 e. The first-order valence-electron chi connectivity index (χ1n) is 6.17. The van der Waals surface area contributed by atoms with E-state index in [0.717, 1.165) is 16.5 Å². The van der Waals surface area contributed by atoms with Gasteiger partial charge in [-0.05, 0) is 42.4 Å². The molecule has 0 aliphatic carbocycles. The van der Waals surface area contributed by atoms with Crippen LogP contribution in [-0.2, 0) is 0 Å². The van der Waals surface area contributed by atoms with E-state index in [-0.39, 0.29) is 6.04 Å².